The fraction of sp³-hybridized carbons (Fsp3) is 0.182. The second-order valence-electron chi connectivity index (χ2n) is 3.31. The van der Waals surface area contributed by atoms with Crippen molar-refractivity contribution in [3.8, 4) is 5.69 Å². The highest BCUT2D eigenvalue weighted by molar-refractivity contribution is 5.41. The number of para-hydroxylation sites is 1. The summed E-state index contributed by atoms with van der Waals surface area (Å²) < 4.78 is 15.0. The van der Waals surface area contributed by atoms with Gasteiger partial charge in [0, 0.05) is 11.8 Å². The largest absolute Gasteiger partial charge is 0.392 e. The number of aromatic nitrogens is 2. The number of aliphatic hydroxyl groups is 1. The molecule has 0 saturated carbocycles. The van der Waals surface area contributed by atoms with Crippen molar-refractivity contribution in [2.24, 2.45) is 0 Å². The zero-order valence-corrected chi connectivity index (χ0v) is 8.31. The third-order valence-electron chi connectivity index (χ3n) is 2.19. The highest BCUT2D eigenvalue weighted by atomic mass is 19.1. The fourth-order valence-electron chi connectivity index (χ4n) is 1.48. The second kappa shape index (κ2) is 3.82. The van der Waals surface area contributed by atoms with Crippen molar-refractivity contribution in [2.75, 3.05) is 0 Å². The highest BCUT2D eigenvalue weighted by Crippen LogP contribution is 2.18. The van der Waals surface area contributed by atoms with E-state index in [0.717, 1.165) is 5.69 Å². The monoisotopic (exact) mass is 206 g/mol. The third kappa shape index (κ3) is 1.76. The Morgan fingerprint density at radius 1 is 1.40 bits per heavy atom. The van der Waals surface area contributed by atoms with Gasteiger partial charge in [-0.05, 0) is 19.1 Å². The van der Waals surface area contributed by atoms with Gasteiger partial charge in [0.25, 0.3) is 0 Å². The van der Waals surface area contributed by atoms with E-state index >= 15 is 0 Å². The lowest BCUT2D eigenvalue weighted by Gasteiger charge is -2.08. The molecule has 0 amide bonds. The van der Waals surface area contributed by atoms with E-state index < -0.39 is 0 Å². The van der Waals surface area contributed by atoms with E-state index in [0.29, 0.717) is 11.3 Å². The normalized spacial score (nSPS) is 10.6. The number of benzene rings is 1. The topological polar surface area (TPSA) is 38.0 Å². The summed E-state index contributed by atoms with van der Waals surface area (Å²) in [5, 5.41) is 13.2. The van der Waals surface area contributed by atoms with E-state index in [9.17, 15) is 4.39 Å². The maximum absolute atomic E-state index is 13.6. The molecule has 78 valence electrons. The average Bonchev–Trinajstić information content (AvgIpc) is 2.64. The summed E-state index contributed by atoms with van der Waals surface area (Å²) in [5.74, 6) is -0.385. The zero-order chi connectivity index (χ0) is 10.8. The number of halogens is 1. The van der Waals surface area contributed by atoms with Crippen LogP contribution in [0.2, 0.25) is 0 Å². The van der Waals surface area contributed by atoms with Gasteiger partial charge in [0.15, 0.2) is 0 Å². The molecule has 3 nitrogen and oxygen atoms in total. The third-order valence-corrected chi connectivity index (χ3v) is 2.19. The minimum absolute atomic E-state index is 0.202. The lowest BCUT2D eigenvalue weighted by atomic mass is 10.2. The van der Waals surface area contributed by atoms with E-state index in [1.54, 1.807) is 24.4 Å². The lowest BCUT2D eigenvalue weighted by molar-refractivity contribution is 0.280. The van der Waals surface area contributed by atoms with Crippen LogP contribution in [0.15, 0.2) is 30.5 Å². The molecular formula is C11H11FN2O. The Morgan fingerprint density at radius 3 is 2.80 bits per heavy atom. The molecule has 0 aliphatic heterocycles. The van der Waals surface area contributed by atoms with Gasteiger partial charge in [0.05, 0.1) is 12.3 Å². The Kier molecular flexibility index (Phi) is 2.51. The first-order valence-electron chi connectivity index (χ1n) is 4.63. The summed E-state index contributed by atoms with van der Waals surface area (Å²) in [4.78, 5) is 0. The molecule has 0 spiro atoms. The van der Waals surface area contributed by atoms with E-state index in [-0.39, 0.29) is 12.4 Å². The number of hydrogen-bond donors (Lipinski definition) is 1. The smallest absolute Gasteiger partial charge is 0.149 e. The molecule has 0 aliphatic carbocycles. The molecule has 0 fully saturated rings. The minimum atomic E-state index is -0.385. The first-order chi connectivity index (χ1) is 7.22. The maximum atomic E-state index is 13.6. The van der Waals surface area contributed by atoms with E-state index in [2.05, 4.69) is 5.10 Å². The Balaban J connectivity index is 2.60. The van der Waals surface area contributed by atoms with Gasteiger partial charge in [-0.3, -0.25) is 0 Å². The van der Waals surface area contributed by atoms with Crippen molar-refractivity contribution in [3.63, 3.8) is 0 Å². The van der Waals surface area contributed by atoms with E-state index in [1.165, 1.54) is 10.7 Å². The van der Waals surface area contributed by atoms with Crippen LogP contribution in [0.5, 0.6) is 0 Å². The summed E-state index contributed by atoms with van der Waals surface area (Å²) in [6, 6.07) is 6.38. The Labute approximate surface area is 86.8 Å². The van der Waals surface area contributed by atoms with Crippen molar-refractivity contribution >= 4 is 0 Å². The summed E-state index contributed by atoms with van der Waals surface area (Å²) >= 11 is 0. The summed E-state index contributed by atoms with van der Waals surface area (Å²) in [6.07, 6.45) is 1.67. The number of hydrogen-bond acceptors (Lipinski definition) is 2. The van der Waals surface area contributed by atoms with Crippen LogP contribution in [0.25, 0.3) is 5.69 Å². The summed E-state index contributed by atoms with van der Waals surface area (Å²) in [6.45, 7) is 1.63. The first-order valence-corrected chi connectivity index (χ1v) is 4.63. The van der Waals surface area contributed by atoms with Crippen LogP contribution in [0, 0.1) is 12.7 Å². The average molecular weight is 206 g/mol. The molecule has 0 radical (unpaired) electrons. The maximum Gasteiger partial charge on any atom is 0.149 e. The number of rotatable bonds is 2. The van der Waals surface area contributed by atoms with Crippen molar-refractivity contribution in [3.05, 3.63) is 47.5 Å². The molecule has 0 unspecified atom stereocenters. The van der Waals surface area contributed by atoms with Gasteiger partial charge in [-0.2, -0.15) is 5.10 Å². The Hall–Kier alpha value is -1.68. The van der Waals surface area contributed by atoms with Gasteiger partial charge < -0.3 is 5.11 Å². The van der Waals surface area contributed by atoms with Crippen LogP contribution in [-0.4, -0.2) is 14.9 Å². The quantitative estimate of drug-likeness (QED) is 0.813. The highest BCUT2D eigenvalue weighted by Gasteiger charge is 2.10. The van der Waals surface area contributed by atoms with Crippen LogP contribution in [0.3, 0.4) is 0 Å². The molecule has 0 bridgehead atoms. The van der Waals surface area contributed by atoms with Gasteiger partial charge in [0.2, 0.25) is 0 Å². The molecule has 1 aromatic heterocycles. The van der Waals surface area contributed by atoms with Crippen molar-refractivity contribution in [1.29, 1.82) is 0 Å². The first kappa shape index (κ1) is 9.86. The fourth-order valence-corrected chi connectivity index (χ4v) is 1.48. The number of nitrogens with zero attached hydrogens (tertiary/aromatic N) is 2. The van der Waals surface area contributed by atoms with Crippen LogP contribution >= 0.6 is 0 Å². The molecule has 4 heteroatoms. The SMILES string of the molecule is Cc1ccn(-c2c(F)cccc2CO)n1. The van der Waals surface area contributed by atoms with Crippen LogP contribution < -0.4 is 0 Å². The molecule has 2 aromatic rings. The standard InChI is InChI=1S/C11H11FN2O/c1-8-5-6-14(13-8)11-9(7-15)3-2-4-10(11)12/h2-6,15H,7H2,1H3. The molecule has 0 aliphatic rings. The Bertz CT molecular complexity index is 479. The lowest BCUT2D eigenvalue weighted by Crippen LogP contribution is -2.03. The van der Waals surface area contributed by atoms with Gasteiger partial charge in [-0.1, -0.05) is 12.1 Å². The van der Waals surface area contributed by atoms with Crippen molar-refractivity contribution in [1.82, 2.24) is 9.78 Å². The molecule has 2 rings (SSSR count). The van der Waals surface area contributed by atoms with Crippen LogP contribution in [0.4, 0.5) is 4.39 Å². The zero-order valence-electron chi connectivity index (χ0n) is 8.31. The Morgan fingerprint density at radius 2 is 2.20 bits per heavy atom. The van der Waals surface area contributed by atoms with Gasteiger partial charge in [-0.25, -0.2) is 9.07 Å². The predicted octanol–water partition coefficient (Wildman–Crippen LogP) is 1.81. The number of aliphatic hydroxyl groups excluding tert-OH is 1. The summed E-state index contributed by atoms with van der Waals surface area (Å²) in [5.41, 5.74) is 1.65. The van der Waals surface area contributed by atoms with Crippen molar-refractivity contribution < 1.29 is 9.50 Å². The van der Waals surface area contributed by atoms with Gasteiger partial charge in [0.1, 0.15) is 11.5 Å². The number of aryl methyl sites for hydroxylation is 1. The minimum Gasteiger partial charge on any atom is -0.392 e. The van der Waals surface area contributed by atoms with E-state index in [4.69, 9.17) is 5.11 Å². The molecule has 1 N–H and O–H groups in total. The van der Waals surface area contributed by atoms with Crippen molar-refractivity contribution in [2.45, 2.75) is 13.5 Å². The molecular weight excluding hydrogens is 195 g/mol. The van der Waals surface area contributed by atoms with E-state index in [1.807, 2.05) is 6.92 Å². The van der Waals surface area contributed by atoms with Gasteiger partial charge >= 0.3 is 0 Å². The summed E-state index contributed by atoms with van der Waals surface area (Å²) in [7, 11) is 0. The van der Waals surface area contributed by atoms with Crippen LogP contribution in [-0.2, 0) is 6.61 Å². The predicted molar refractivity (Wildman–Crippen MR) is 54.2 cm³/mol. The molecule has 0 saturated heterocycles. The molecule has 0 atom stereocenters. The molecule has 15 heavy (non-hydrogen) atoms. The molecule has 1 aromatic carbocycles. The van der Waals surface area contributed by atoms with Crippen LogP contribution in [0.1, 0.15) is 11.3 Å². The van der Waals surface area contributed by atoms with Gasteiger partial charge in [-0.15, -0.1) is 0 Å². The second-order valence-corrected chi connectivity index (χ2v) is 3.31. The molecule has 1 heterocycles.